The average Bonchev–Trinajstić information content (AvgIpc) is 2.48. The minimum absolute atomic E-state index is 0.0743. The van der Waals surface area contributed by atoms with E-state index in [9.17, 15) is 9.59 Å². The Hall–Kier alpha value is -2.96. The van der Waals surface area contributed by atoms with E-state index in [1.165, 1.54) is 10.6 Å². The minimum atomic E-state index is -0.639. The van der Waals surface area contributed by atoms with Crippen molar-refractivity contribution >= 4 is 11.6 Å². The van der Waals surface area contributed by atoms with Gasteiger partial charge in [-0.15, -0.1) is 0 Å². The summed E-state index contributed by atoms with van der Waals surface area (Å²) < 4.78 is 12.0. The maximum Gasteiger partial charge on any atom is 0.292 e. The number of hydrogen-bond acceptors (Lipinski definition) is 5. The van der Waals surface area contributed by atoms with Crippen molar-refractivity contribution in [2.45, 2.75) is 6.54 Å². The highest BCUT2D eigenvalue weighted by atomic mass is 16.5. The van der Waals surface area contributed by atoms with Crippen molar-refractivity contribution < 1.29 is 14.3 Å². The molecule has 2 aromatic rings. The van der Waals surface area contributed by atoms with Gasteiger partial charge in [0.15, 0.2) is 12.4 Å². The van der Waals surface area contributed by atoms with Gasteiger partial charge in [0, 0.05) is 18.0 Å². The van der Waals surface area contributed by atoms with E-state index in [0.717, 1.165) is 0 Å². The Kier molecular flexibility index (Phi) is 5.02. The number of nitrogens with two attached hydrogens (primary N) is 2. The van der Waals surface area contributed by atoms with Crippen molar-refractivity contribution in [3.63, 3.8) is 0 Å². The van der Waals surface area contributed by atoms with Gasteiger partial charge in [0.1, 0.15) is 12.4 Å². The summed E-state index contributed by atoms with van der Waals surface area (Å²) in [6, 6.07) is 10.2. The van der Waals surface area contributed by atoms with E-state index < -0.39 is 5.91 Å². The van der Waals surface area contributed by atoms with Crippen LogP contribution >= 0.6 is 0 Å². The average molecular weight is 303 g/mol. The van der Waals surface area contributed by atoms with Crippen LogP contribution in [0.2, 0.25) is 0 Å². The van der Waals surface area contributed by atoms with Crippen molar-refractivity contribution in [2.75, 3.05) is 18.9 Å². The van der Waals surface area contributed by atoms with Gasteiger partial charge < -0.3 is 25.5 Å². The maximum atomic E-state index is 12.1. The second-order valence-electron chi connectivity index (χ2n) is 4.55. The normalized spacial score (nSPS) is 10.2. The lowest BCUT2D eigenvalue weighted by atomic mass is 10.3. The third-order valence-electron chi connectivity index (χ3n) is 2.81. The first-order valence-corrected chi connectivity index (χ1v) is 6.65. The summed E-state index contributed by atoms with van der Waals surface area (Å²) >= 11 is 0. The number of nitrogens with zero attached hydrogens (tertiary/aromatic N) is 1. The third-order valence-corrected chi connectivity index (χ3v) is 2.81. The summed E-state index contributed by atoms with van der Waals surface area (Å²) in [4.78, 5) is 22.8. The molecule has 1 aromatic heterocycles. The second kappa shape index (κ2) is 7.16. The molecule has 1 amide bonds. The molecule has 116 valence electrons. The third kappa shape index (κ3) is 4.27. The number of amides is 1. The van der Waals surface area contributed by atoms with E-state index in [2.05, 4.69) is 0 Å². The van der Waals surface area contributed by atoms with Crippen LogP contribution < -0.4 is 26.5 Å². The number of nitrogen functional groups attached to an aromatic ring is 1. The first kappa shape index (κ1) is 15.4. The van der Waals surface area contributed by atoms with Gasteiger partial charge in [-0.05, 0) is 24.3 Å². The van der Waals surface area contributed by atoms with Crippen molar-refractivity contribution in [3.8, 4) is 11.5 Å². The summed E-state index contributed by atoms with van der Waals surface area (Å²) in [5.74, 6) is 0.0687. The lowest BCUT2D eigenvalue weighted by Crippen LogP contribution is -2.27. The van der Waals surface area contributed by atoms with E-state index in [1.54, 1.807) is 36.5 Å². The van der Waals surface area contributed by atoms with Gasteiger partial charge in [0.25, 0.3) is 11.5 Å². The smallest absolute Gasteiger partial charge is 0.292 e. The molecule has 0 aliphatic carbocycles. The summed E-state index contributed by atoms with van der Waals surface area (Å²) in [7, 11) is 0. The summed E-state index contributed by atoms with van der Waals surface area (Å²) in [5.41, 5.74) is 10.9. The zero-order valence-electron chi connectivity index (χ0n) is 11.9. The molecule has 1 aromatic carbocycles. The Labute approximate surface area is 127 Å². The Morgan fingerprint density at radius 3 is 2.73 bits per heavy atom. The number of anilines is 1. The van der Waals surface area contributed by atoms with Gasteiger partial charge in [-0.2, -0.15) is 0 Å². The highest BCUT2D eigenvalue weighted by Crippen LogP contribution is 2.14. The standard InChI is InChI=1S/C15H17N3O4/c16-11-3-1-4-12(9-11)21-8-7-18-6-2-5-13(15(18)20)22-10-14(17)19/h1-6,9H,7-8,10,16H2,(H2,17,19). The van der Waals surface area contributed by atoms with Gasteiger partial charge >= 0.3 is 0 Å². The van der Waals surface area contributed by atoms with Crippen LogP contribution in [-0.2, 0) is 11.3 Å². The molecule has 0 aliphatic rings. The minimum Gasteiger partial charge on any atom is -0.492 e. The Morgan fingerprint density at radius 2 is 2.00 bits per heavy atom. The molecular formula is C15H17N3O4. The van der Waals surface area contributed by atoms with Crippen LogP contribution in [0.1, 0.15) is 0 Å². The molecule has 0 unspecified atom stereocenters. The van der Waals surface area contributed by atoms with Crippen LogP contribution in [0.25, 0.3) is 0 Å². The second-order valence-corrected chi connectivity index (χ2v) is 4.55. The highest BCUT2D eigenvalue weighted by molar-refractivity contribution is 5.75. The molecule has 0 saturated heterocycles. The number of pyridine rings is 1. The fourth-order valence-electron chi connectivity index (χ4n) is 1.82. The van der Waals surface area contributed by atoms with E-state index in [0.29, 0.717) is 24.6 Å². The van der Waals surface area contributed by atoms with Gasteiger partial charge in [-0.3, -0.25) is 9.59 Å². The summed E-state index contributed by atoms with van der Waals surface area (Å²) in [5, 5.41) is 0. The van der Waals surface area contributed by atoms with E-state index in [4.69, 9.17) is 20.9 Å². The Morgan fingerprint density at radius 1 is 1.18 bits per heavy atom. The van der Waals surface area contributed by atoms with Crippen molar-refractivity contribution in [1.29, 1.82) is 0 Å². The molecule has 1 heterocycles. The van der Waals surface area contributed by atoms with Crippen LogP contribution in [0, 0.1) is 0 Å². The van der Waals surface area contributed by atoms with E-state index in [1.807, 2.05) is 0 Å². The lowest BCUT2D eigenvalue weighted by Gasteiger charge is -2.10. The molecule has 22 heavy (non-hydrogen) atoms. The largest absolute Gasteiger partial charge is 0.492 e. The number of primary amides is 1. The zero-order chi connectivity index (χ0) is 15.9. The molecule has 4 N–H and O–H groups in total. The van der Waals surface area contributed by atoms with Crippen molar-refractivity contribution in [1.82, 2.24) is 4.57 Å². The van der Waals surface area contributed by atoms with Gasteiger partial charge in [0.05, 0.1) is 6.54 Å². The molecule has 0 radical (unpaired) electrons. The van der Waals surface area contributed by atoms with Crippen LogP contribution in [0.15, 0.2) is 47.4 Å². The molecule has 0 aliphatic heterocycles. The molecule has 2 rings (SSSR count). The number of aromatic nitrogens is 1. The monoisotopic (exact) mass is 303 g/mol. The number of carbonyl (C=O) groups excluding carboxylic acids is 1. The Bertz CT molecular complexity index is 712. The SMILES string of the molecule is NC(=O)COc1cccn(CCOc2cccc(N)c2)c1=O. The summed E-state index contributed by atoms with van der Waals surface area (Å²) in [6.07, 6.45) is 1.61. The first-order chi connectivity index (χ1) is 10.6. The molecule has 7 nitrogen and oxygen atoms in total. The first-order valence-electron chi connectivity index (χ1n) is 6.65. The highest BCUT2D eigenvalue weighted by Gasteiger charge is 2.06. The summed E-state index contributed by atoms with van der Waals surface area (Å²) in [6.45, 7) is 0.295. The quantitative estimate of drug-likeness (QED) is 0.718. The number of benzene rings is 1. The van der Waals surface area contributed by atoms with E-state index >= 15 is 0 Å². The predicted octanol–water partition coefficient (Wildman–Crippen LogP) is 0.374. The molecule has 0 fully saturated rings. The number of rotatable bonds is 7. The number of ether oxygens (including phenoxy) is 2. The fourth-order valence-corrected chi connectivity index (χ4v) is 1.82. The fraction of sp³-hybridized carbons (Fsp3) is 0.200. The van der Waals surface area contributed by atoms with Gasteiger partial charge in [-0.1, -0.05) is 6.07 Å². The van der Waals surface area contributed by atoms with E-state index in [-0.39, 0.29) is 17.9 Å². The number of carbonyl (C=O) groups is 1. The van der Waals surface area contributed by atoms with Gasteiger partial charge in [0.2, 0.25) is 0 Å². The van der Waals surface area contributed by atoms with Crippen molar-refractivity contribution in [3.05, 3.63) is 52.9 Å². The number of hydrogen-bond donors (Lipinski definition) is 2. The zero-order valence-corrected chi connectivity index (χ0v) is 11.9. The Balaban J connectivity index is 1.96. The molecule has 0 bridgehead atoms. The molecule has 0 saturated carbocycles. The molecule has 0 atom stereocenters. The van der Waals surface area contributed by atoms with Crippen LogP contribution in [-0.4, -0.2) is 23.7 Å². The van der Waals surface area contributed by atoms with Gasteiger partial charge in [-0.25, -0.2) is 0 Å². The topological polar surface area (TPSA) is 110 Å². The van der Waals surface area contributed by atoms with Crippen LogP contribution in [0.3, 0.4) is 0 Å². The molecular weight excluding hydrogens is 286 g/mol. The van der Waals surface area contributed by atoms with Crippen LogP contribution in [0.5, 0.6) is 11.5 Å². The lowest BCUT2D eigenvalue weighted by molar-refractivity contribution is -0.119. The van der Waals surface area contributed by atoms with Crippen molar-refractivity contribution in [2.24, 2.45) is 5.73 Å². The predicted molar refractivity (Wildman–Crippen MR) is 81.7 cm³/mol. The maximum absolute atomic E-state index is 12.1. The molecule has 7 heteroatoms. The van der Waals surface area contributed by atoms with Crippen LogP contribution in [0.4, 0.5) is 5.69 Å². The molecule has 0 spiro atoms.